The van der Waals surface area contributed by atoms with Gasteiger partial charge in [-0.2, -0.15) is 0 Å². The van der Waals surface area contributed by atoms with Crippen LogP contribution < -0.4 is 5.32 Å². The van der Waals surface area contributed by atoms with Crippen molar-refractivity contribution >= 4 is 21.7 Å². The Morgan fingerprint density at radius 3 is 2.46 bits per heavy atom. The Hall–Kier alpha value is -2.58. The van der Waals surface area contributed by atoms with E-state index in [4.69, 9.17) is 0 Å². The van der Waals surface area contributed by atoms with Gasteiger partial charge in [-0.1, -0.05) is 18.2 Å². The van der Waals surface area contributed by atoms with Gasteiger partial charge in [0.25, 0.3) is 0 Å². The lowest BCUT2D eigenvalue weighted by molar-refractivity contribution is -0.121. The number of rotatable bonds is 10. The first-order valence-electron chi connectivity index (χ1n) is 9.03. The van der Waals surface area contributed by atoms with Crippen LogP contribution in [-0.4, -0.2) is 49.5 Å². The van der Waals surface area contributed by atoms with Gasteiger partial charge in [0.2, 0.25) is 15.9 Å². The molecule has 0 aliphatic heterocycles. The van der Waals surface area contributed by atoms with Crippen molar-refractivity contribution in [2.45, 2.75) is 31.1 Å². The third kappa shape index (κ3) is 6.24. The summed E-state index contributed by atoms with van der Waals surface area (Å²) in [5.74, 6) is -0.229. The Labute approximate surface area is 165 Å². The number of hydrogen-bond acceptors (Lipinski definition) is 5. The van der Waals surface area contributed by atoms with Crippen molar-refractivity contribution in [3.8, 4) is 0 Å². The van der Waals surface area contributed by atoms with Crippen LogP contribution in [0.3, 0.4) is 0 Å². The second kappa shape index (κ2) is 10.1. The summed E-state index contributed by atoms with van der Waals surface area (Å²) in [4.78, 5) is 27.4. The summed E-state index contributed by atoms with van der Waals surface area (Å²) in [6.45, 7) is 2.17. The fourth-order valence-corrected chi connectivity index (χ4v) is 3.81. The topological polar surface area (TPSA) is 96.4 Å². The van der Waals surface area contributed by atoms with Crippen LogP contribution in [0.4, 0.5) is 0 Å². The second-order valence-corrected chi connectivity index (χ2v) is 8.52. The van der Waals surface area contributed by atoms with Crippen molar-refractivity contribution in [3.05, 3.63) is 59.9 Å². The van der Waals surface area contributed by atoms with E-state index in [1.165, 1.54) is 42.5 Å². The molecule has 0 aliphatic carbocycles. The first kappa shape index (κ1) is 21.7. The molecule has 0 unspecified atom stereocenters. The van der Waals surface area contributed by atoms with Crippen molar-refractivity contribution in [1.82, 2.24) is 14.6 Å². The van der Waals surface area contributed by atoms with Crippen molar-refractivity contribution in [1.29, 1.82) is 0 Å². The Kier molecular flexibility index (Phi) is 7.83. The van der Waals surface area contributed by atoms with Gasteiger partial charge in [0.1, 0.15) is 0 Å². The third-order valence-corrected chi connectivity index (χ3v) is 6.18. The molecule has 0 aliphatic rings. The highest BCUT2D eigenvalue weighted by Gasteiger charge is 2.20. The number of aromatic nitrogens is 1. The van der Waals surface area contributed by atoms with Gasteiger partial charge in [0.05, 0.1) is 4.90 Å². The summed E-state index contributed by atoms with van der Waals surface area (Å²) >= 11 is 0. The molecule has 1 heterocycles. The predicted octanol–water partition coefficient (Wildman–Crippen LogP) is 2.04. The largest absolute Gasteiger partial charge is 0.356 e. The van der Waals surface area contributed by atoms with Crippen LogP contribution in [0.5, 0.6) is 0 Å². The number of ketones is 1. The third-order valence-electron chi connectivity index (χ3n) is 4.30. The molecule has 28 heavy (non-hydrogen) atoms. The molecule has 150 valence electrons. The zero-order valence-corrected chi connectivity index (χ0v) is 16.9. The summed E-state index contributed by atoms with van der Waals surface area (Å²) in [6, 6.07) is 9.64. The maximum absolute atomic E-state index is 12.6. The first-order valence-corrected chi connectivity index (χ1v) is 10.5. The van der Waals surface area contributed by atoms with Gasteiger partial charge in [-0.25, -0.2) is 12.7 Å². The molecule has 2 aromatic rings. The fraction of sp³-hybridized carbons (Fsp3) is 0.350. The number of sulfonamides is 1. The quantitative estimate of drug-likeness (QED) is 0.613. The van der Waals surface area contributed by atoms with Crippen LogP contribution >= 0.6 is 0 Å². The normalized spacial score (nSPS) is 11.4. The van der Waals surface area contributed by atoms with Gasteiger partial charge in [-0.15, -0.1) is 0 Å². The van der Waals surface area contributed by atoms with E-state index in [0.717, 1.165) is 5.56 Å². The number of nitrogens with one attached hydrogen (secondary N) is 1. The monoisotopic (exact) mass is 403 g/mol. The minimum atomic E-state index is -3.65. The van der Waals surface area contributed by atoms with Gasteiger partial charge in [0, 0.05) is 44.5 Å². The van der Waals surface area contributed by atoms with E-state index in [-0.39, 0.29) is 29.6 Å². The molecule has 0 radical (unpaired) electrons. The van der Waals surface area contributed by atoms with E-state index in [1.54, 1.807) is 12.4 Å². The van der Waals surface area contributed by atoms with Crippen molar-refractivity contribution < 1.29 is 18.0 Å². The lowest BCUT2D eigenvalue weighted by atomic mass is 10.2. The van der Waals surface area contributed by atoms with E-state index in [9.17, 15) is 18.0 Å². The van der Waals surface area contributed by atoms with Crippen LogP contribution in [0.2, 0.25) is 0 Å². The van der Waals surface area contributed by atoms with Gasteiger partial charge < -0.3 is 5.32 Å². The maximum Gasteiger partial charge on any atom is 0.242 e. The van der Waals surface area contributed by atoms with Crippen molar-refractivity contribution in [3.63, 3.8) is 0 Å². The number of hydrogen-bond donors (Lipinski definition) is 1. The first-order chi connectivity index (χ1) is 13.3. The summed E-state index contributed by atoms with van der Waals surface area (Å²) in [5.41, 5.74) is 1.51. The number of nitrogens with zero attached hydrogens (tertiary/aromatic N) is 2. The lowest BCUT2D eigenvalue weighted by Crippen LogP contribution is -2.30. The van der Waals surface area contributed by atoms with E-state index in [2.05, 4.69) is 10.3 Å². The molecule has 0 bridgehead atoms. The zero-order valence-electron chi connectivity index (χ0n) is 16.1. The molecule has 1 aromatic carbocycles. The molecule has 1 N–H and O–H groups in total. The molecule has 7 nitrogen and oxygen atoms in total. The number of pyridine rings is 1. The molecule has 1 aromatic heterocycles. The zero-order chi connectivity index (χ0) is 20.6. The number of benzene rings is 1. The number of carbonyl (C=O) groups is 2. The second-order valence-electron chi connectivity index (χ2n) is 6.47. The molecular weight excluding hydrogens is 378 g/mol. The van der Waals surface area contributed by atoms with Crippen LogP contribution in [0, 0.1) is 0 Å². The maximum atomic E-state index is 12.6. The van der Waals surface area contributed by atoms with Crippen molar-refractivity contribution in [2.24, 2.45) is 0 Å². The summed E-state index contributed by atoms with van der Waals surface area (Å²) in [6.07, 6.45) is 4.82. The van der Waals surface area contributed by atoms with Crippen LogP contribution in [0.15, 0.2) is 53.7 Å². The summed E-state index contributed by atoms with van der Waals surface area (Å²) in [7, 11) is -2.17. The molecule has 0 spiro atoms. The smallest absolute Gasteiger partial charge is 0.242 e. The van der Waals surface area contributed by atoms with Crippen molar-refractivity contribution in [2.75, 3.05) is 20.1 Å². The SMILES string of the molecule is CC(=O)c1ccc(S(=O)(=O)N(C)CCCC(=O)NCCc2cccnc2)cc1. The highest BCUT2D eigenvalue weighted by atomic mass is 32.2. The van der Waals surface area contributed by atoms with Crippen LogP contribution in [0.1, 0.15) is 35.7 Å². The number of amides is 1. The summed E-state index contributed by atoms with van der Waals surface area (Å²) < 4.78 is 26.3. The molecule has 0 saturated carbocycles. The molecule has 8 heteroatoms. The molecule has 2 rings (SSSR count). The Bertz CT molecular complexity index is 897. The average Bonchev–Trinajstić information content (AvgIpc) is 2.68. The van der Waals surface area contributed by atoms with E-state index >= 15 is 0 Å². The van der Waals surface area contributed by atoms with Gasteiger partial charge in [-0.3, -0.25) is 14.6 Å². The Balaban J connectivity index is 1.76. The average molecular weight is 404 g/mol. The Morgan fingerprint density at radius 2 is 1.86 bits per heavy atom. The van der Waals surface area contributed by atoms with Gasteiger partial charge in [-0.05, 0) is 43.5 Å². The lowest BCUT2D eigenvalue weighted by Gasteiger charge is -2.17. The molecule has 1 amide bonds. The number of Topliss-reactive ketones (excluding diaryl/α,β-unsaturated/α-hetero) is 1. The highest BCUT2D eigenvalue weighted by Crippen LogP contribution is 2.16. The standard InChI is InChI=1S/C20H25N3O4S/c1-16(24)18-7-9-19(10-8-18)28(26,27)23(2)14-4-6-20(25)22-13-11-17-5-3-12-21-15-17/h3,5,7-10,12,15H,4,6,11,13-14H2,1-2H3,(H,22,25). The van der Waals surface area contributed by atoms with E-state index in [1.807, 2.05) is 12.1 Å². The predicted molar refractivity (Wildman–Crippen MR) is 106 cm³/mol. The fourth-order valence-electron chi connectivity index (χ4n) is 2.60. The van der Waals surface area contributed by atoms with Crippen LogP contribution in [0.25, 0.3) is 0 Å². The number of carbonyl (C=O) groups excluding carboxylic acids is 2. The minimum Gasteiger partial charge on any atom is -0.356 e. The van der Waals surface area contributed by atoms with Crippen LogP contribution in [-0.2, 0) is 21.2 Å². The molecular formula is C20H25N3O4S. The highest BCUT2D eigenvalue weighted by molar-refractivity contribution is 7.89. The summed E-state index contributed by atoms with van der Waals surface area (Å²) in [5, 5.41) is 2.83. The minimum absolute atomic E-state index is 0.111. The van der Waals surface area contributed by atoms with Gasteiger partial charge >= 0.3 is 0 Å². The molecule has 0 fully saturated rings. The Morgan fingerprint density at radius 1 is 1.14 bits per heavy atom. The van der Waals surface area contributed by atoms with E-state index in [0.29, 0.717) is 24.9 Å². The molecule has 0 atom stereocenters. The van der Waals surface area contributed by atoms with E-state index < -0.39 is 10.0 Å². The van der Waals surface area contributed by atoms with Gasteiger partial charge in [0.15, 0.2) is 5.78 Å². The molecule has 0 saturated heterocycles.